The number of halogens is 1. The molecule has 0 radical (unpaired) electrons. The summed E-state index contributed by atoms with van der Waals surface area (Å²) in [4.78, 5) is 0. The normalized spacial score (nSPS) is 18.3. The van der Waals surface area contributed by atoms with Crippen molar-refractivity contribution >= 4 is 17.4 Å². The monoisotopic (exact) mass is 334 g/mol. The van der Waals surface area contributed by atoms with Gasteiger partial charge in [0.25, 0.3) is 0 Å². The second-order valence-corrected chi connectivity index (χ2v) is 6.62. The van der Waals surface area contributed by atoms with Gasteiger partial charge in [-0.2, -0.15) is 5.10 Å². The summed E-state index contributed by atoms with van der Waals surface area (Å²) >= 11 is 5.90. The van der Waals surface area contributed by atoms with Crippen LogP contribution < -0.4 is 10.6 Å². The Kier molecular flexibility index (Phi) is 5.54. The Morgan fingerprint density at radius 2 is 2.17 bits per heavy atom. The fourth-order valence-electron chi connectivity index (χ4n) is 2.97. The first-order valence-electron chi connectivity index (χ1n) is 8.06. The fraction of sp³-hybridized carbons (Fsp3) is 0.471. The minimum absolute atomic E-state index is 0.182. The van der Waals surface area contributed by atoms with E-state index in [1.807, 2.05) is 41.2 Å². The Labute approximate surface area is 141 Å². The van der Waals surface area contributed by atoms with Gasteiger partial charge in [-0.1, -0.05) is 23.7 Å². The molecule has 0 spiro atoms. The van der Waals surface area contributed by atoms with Crippen LogP contribution in [-0.4, -0.2) is 41.1 Å². The zero-order valence-electron chi connectivity index (χ0n) is 13.1. The first-order chi connectivity index (χ1) is 11.2. The summed E-state index contributed by atoms with van der Waals surface area (Å²) in [5.41, 5.74) is 1.20. The van der Waals surface area contributed by atoms with Gasteiger partial charge in [0.2, 0.25) is 0 Å². The van der Waals surface area contributed by atoms with Crippen LogP contribution in [0, 0.1) is 11.8 Å². The highest BCUT2D eigenvalue weighted by atomic mass is 35.5. The number of anilines is 1. The van der Waals surface area contributed by atoms with E-state index in [0.29, 0.717) is 5.92 Å². The highest BCUT2D eigenvalue weighted by Crippen LogP contribution is 2.16. The second-order valence-electron chi connectivity index (χ2n) is 6.18. The van der Waals surface area contributed by atoms with Crippen LogP contribution in [0.3, 0.4) is 0 Å². The van der Waals surface area contributed by atoms with Gasteiger partial charge < -0.3 is 15.7 Å². The lowest BCUT2D eigenvalue weighted by molar-refractivity contribution is 0.219. The van der Waals surface area contributed by atoms with E-state index < -0.39 is 0 Å². The molecule has 0 aliphatic carbocycles. The van der Waals surface area contributed by atoms with E-state index in [2.05, 4.69) is 15.7 Å². The molecule has 1 aliphatic heterocycles. The summed E-state index contributed by atoms with van der Waals surface area (Å²) in [6.45, 7) is 3.80. The number of nitrogens with one attached hydrogen (secondary N) is 2. The third-order valence-corrected chi connectivity index (χ3v) is 4.53. The lowest BCUT2D eigenvalue weighted by Crippen LogP contribution is -2.37. The van der Waals surface area contributed by atoms with E-state index in [0.717, 1.165) is 43.4 Å². The molecular formula is C17H23ClN4O. The van der Waals surface area contributed by atoms with Gasteiger partial charge >= 0.3 is 0 Å². The Bertz CT molecular complexity index is 613. The average molecular weight is 335 g/mol. The molecule has 1 aromatic carbocycles. The van der Waals surface area contributed by atoms with Crippen LogP contribution in [0.2, 0.25) is 5.02 Å². The summed E-state index contributed by atoms with van der Waals surface area (Å²) in [6.07, 6.45) is 2.68. The zero-order chi connectivity index (χ0) is 16.1. The van der Waals surface area contributed by atoms with Crippen molar-refractivity contribution in [1.82, 2.24) is 15.1 Å². The molecule has 23 heavy (non-hydrogen) atoms. The van der Waals surface area contributed by atoms with Gasteiger partial charge in [0.1, 0.15) is 5.82 Å². The molecule has 0 amide bonds. The van der Waals surface area contributed by atoms with E-state index in [1.54, 1.807) is 0 Å². The molecule has 0 bridgehead atoms. The van der Waals surface area contributed by atoms with Gasteiger partial charge in [0.15, 0.2) is 0 Å². The van der Waals surface area contributed by atoms with Gasteiger partial charge in [-0.25, -0.2) is 4.68 Å². The molecule has 124 valence electrons. The lowest BCUT2D eigenvalue weighted by atomic mass is 9.99. The number of rotatable bonds is 7. The van der Waals surface area contributed by atoms with Crippen molar-refractivity contribution in [2.24, 2.45) is 11.8 Å². The molecule has 2 heterocycles. The van der Waals surface area contributed by atoms with Gasteiger partial charge in [0.05, 0.1) is 6.20 Å². The number of aliphatic hydroxyl groups is 1. The third kappa shape index (κ3) is 4.47. The summed E-state index contributed by atoms with van der Waals surface area (Å²) in [7, 11) is 0. The van der Waals surface area contributed by atoms with E-state index in [1.165, 1.54) is 5.56 Å². The van der Waals surface area contributed by atoms with Crippen molar-refractivity contribution < 1.29 is 5.11 Å². The minimum atomic E-state index is 0.182. The molecule has 2 atom stereocenters. The topological polar surface area (TPSA) is 62.1 Å². The number of hydrogen-bond acceptors (Lipinski definition) is 4. The summed E-state index contributed by atoms with van der Waals surface area (Å²) in [5.74, 6) is 1.82. The second kappa shape index (κ2) is 7.81. The van der Waals surface area contributed by atoms with Crippen LogP contribution in [0.15, 0.2) is 36.5 Å². The SMILES string of the molecule is OC[C@H](CNC[C@H]1CNc2ccnn2C1)Cc1ccc(Cl)cc1. The molecule has 0 unspecified atom stereocenters. The molecule has 1 aliphatic rings. The molecule has 0 saturated carbocycles. The van der Waals surface area contributed by atoms with Crippen LogP contribution in [0.4, 0.5) is 5.82 Å². The molecule has 6 heteroatoms. The third-order valence-electron chi connectivity index (χ3n) is 4.28. The first kappa shape index (κ1) is 16.3. The van der Waals surface area contributed by atoms with Gasteiger partial charge in [-0.05, 0) is 30.0 Å². The van der Waals surface area contributed by atoms with Gasteiger partial charge in [-0.3, -0.25) is 0 Å². The Hall–Kier alpha value is -1.56. The first-order valence-corrected chi connectivity index (χ1v) is 8.44. The molecule has 1 aromatic heterocycles. The largest absolute Gasteiger partial charge is 0.396 e. The van der Waals surface area contributed by atoms with Crippen molar-refractivity contribution in [3.63, 3.8) is 0 Å². The standard InChI is InChI=1S/C17H23ClN4O/c18-16-3-1-13(2-4-16)7-14(12-23)8-19-9-15-10-20-17-5-6-21-22(17)11-15/h1-6,14-15,19-20,23H,7-12H2/t14-,15-/m0/s1. The molecule has 0 fully saturated rings. The predicted octanol–water partition coefficient (Wildman–Crippen LogP) is 2.02. The van der Waals surface area contributed by atoms with Crippen molar-refractivity contribution in [2.75, 3.05) is 31.6 Å². The number of fused-ring (bicyclic) bond motifs is 1. The highest BCUT2D eigenvalue weighted by molar-refractivity contribution is 6.30. The number of hydrogen-bond donors (Lipinski definition) is 3. The minimum Gasteiger partial charge on any atom is -0.396 e. The Balaban J connectivity index is 1.43. The smallest absolute Gasteiger partial charge is 0.124 e. The molecule has 0 saturated heterocycles. The van der Waals surface area contributed by atoms with Crippen LogP contribution in [0.1, 0.15) is 5.56 Å². The van der Waals surface area contributed by atoms with Crippen LogP contribution in [0.5, 0.6) is 0 Å². The Morgan fingerprint density at radius 1 is 1.35 bits per heavy atom. The molecule has 3 rings (SSSR count). The quantitative estimate of drug-likeness (QED) is 0.725. The summed E-state index contributed by atoms with van der Waals surface area (Å²) < 4.78 is 2.01. The molecule has 2 aromatic rings. The average Bonchev–Trinajstić information content (AvgIpc) is 3.03. The van der Waals surface area contributed by atoms with E-state index in [4.69, 9.17) is 11.6 Å². The van der Waals surface area contributed by atoms with Gasteiger partial charge in [-0.15, -0.1) is 0 Å². The van der Waals surface area contributed by atoms with E-state index in [9.17, 15) is 5.11 Å². The zero-order valence-corrected chi connectivity index (χ0v) is 13.8. The van der Waals surface area contributed by atoms with E-state index >= 15 is 0 Å². The summed E-state index contributed by atoms with van der Waals surface area (Å²) in [5, 5.41) is 21.5. The summed E-state index contributed by atoms with van der Waals surface area (Å²) in [6, 6.07) is 9.84. The highest BCUT2D eigenvalue weighted by Gasteiger charge is 2.18. The number of aromatic nitrogens is 2. The fourth-order valence-corrected chi connectivity index (χ4v) is 3.10. The Morgan fingerprint density at radius 3 is 2.96 bits per heavy atom. The molecule has 5 nitrogen and oxygen atoms in total. The number of benzene rings is 1. The van der Waals surface area contributed by atoms with Crippen LogP contribution in [0.25, 0.3) is 0 Å². The maximum absolute atomic E-state index is 9.59. The maximum atomic E-state index is 9.59. The lowest BCUT2D eigenvalue weighted by Gasteiger charge is -2.26. The number of aliphatic hydroxyl groups excluding tert-OH is 1. The number of nitrogens with zero attached hydrogens (tertiary/aromatic N) is 2. The maximum Gasteiger partial charge on any atom is 0.124 e. The van der Waals surface area contributed by atoms with Crippen molar-refractivity contribution in [2.45, 2.75) is 13.0 Å². The van der Waals surface area contributed by atoms with Gasteiger partial charge in [0, 0.05) is 49.8 Å². The molecule has 3 N–H and O–H groups in total. The van der Waals surface area contributed by atoms with E-state index in [-0.39, 0.29) is 12.5 Å². The van der Waals surface area contributed by atoms with Crippen LogP contribution in [-0.2, 0) is 13.0 Å². The molecular weight excluding hydrogens is 312 g/mol. The van der Waals surface area contributed by atoms with Crippen LogP contribution >= 0.6 is 11.6 Å². The van der Waals surface area contributed by atoms with Crippen molar-refractivity contribution in [3.05, 3.63) is 47.1 Å². The predicted molar refractivity (Wildman–Crippen MR) is 92.8 cm³/mol. The van der Waals surface area contributed by atoms with Crippen molar-refractivity contribution in [3.8, 4) is 0 Å². The van der Waals surface area contributed by atoms with Crippen molar-refractivity contribution in [1.29, 1.82) is 0 Å².